The number of rotatable bonds is 7. The fraction of sp³-hybridized carbons (Fsp3) is 0.200. The first-order chi connectivity index (χ1) is 8.88. The zero-order valence-electron chi connectivity index (χ0n) is 10.3. The minimum Gasteiger partial charge on any atom is -0.490 e. The third-order valence-corrected chi connectivity index (χ3v) is 3.38. The van der Waals surface area contributed by atoms with Gasteiger partial charge < -0.3 is 10.1 Å². The SMILES string of the molecule is C=CCOc1ccc(CNCc2cccs2)cc1. The second-order valence-electron chi connectivity index (χ2n) is 3.93. The molecule has 0 bridgehead atoms. The average Bonchev–Trinajstić information content (AvgIpc) is 2.91. The zero-order valence-corrected chi connectivity index (χ0v) is 11.1. The highest BCUT2D eigenvalue weighted by Gasteiger charge is 1.96. The van der Waals surface area contributed by atoms with Crippen LogP contribution in [0.25, 0.3) is 0 Å². The predicted octanol–water partition coefficient (Wildman–Crippen LogP) is 3.60. The summed E-state index contributed by atoms with van der Waals surface area (Å²) in [7, 11) is 0. The van der Waals surface area contributed by atoms with Crippen molar-refractivity contribution in [2.24, 2.45) is 0 Å². The summed E-state index contributed by atoms with van der Waals surface area (Å²) in [5.74, 6) is 0.886. The van der Waals surface area contributed by atoms with Crippen molar-refractivity contribution in [3.63, 3.8) is 0 Å². The molecule has 1 aromatic carbocycles. The van der Waals surface area contributed by atoms with Crippen molar-refractivity contribution in [2.45, 2.75) is 13.1 Å². The molecular formula is C15H17NOS. The molecule has 1 heterocycles. The first-order valence-electron chi connectivity index (χ1n) is 5.94. The van der Waals surface area contributed by atoms with Crippen molar-refractivity contribution in [3.05, 3.63) is 64.9 Å². The van der Waals surface area contributed by atoms with Crippen LogP contribution in [0.5, 0.6) is 5.75 Å². The Labute approximate surface area is 112 Å². The van der Waals surface area contributed by atoms with Gasteiger partial charge in [-0.2, -0.15) is 0 Å². The van der Waals surface area contributed by atoms with Gasteiger partial charge in [-0.3, -0.25) is 0 Å². The molecule has 0 unspecified atom stereocenters. The Morgan fingerprint density at radius 2 is 2.00 bits per heavy atom. The molecule has 0 aliphatic carbocycles. The van der Waals surface area contributed by atoms with Gasteiger partial charge in [0.15, 0.2) is 0 Å². The summed E-state index contributed by atoms with van der Waals surface area (Å²) in [5, 5.41) is 5.52. The van der Waals surface area contributed by atoms with Gasteiger partial charge in [0.1, 0.15) is 12.4 Å². The van der Waals surface area contributed by atoms with Gasteiger partial charge in [-0.15, -0.1) is 11.3 Å². The molecule has 94 valence electrons. The van der Waals surface area contributed by atoms with Gasteiger partial charge in [-0.05, 0) is 29.1 Å². The molecule has 3 heteroatoms. The van der Waals surface area contributed by atoms with E-state index in [2.05, 4.69) is 41.5 Å². The number of nitrogens with one attached hydrogen (secondary N) is 1. The highest BCUT2D eigenvalue weighted by atomic mass is 32.1. The van der Waals surface area contributed by atoms with Crippen LogP contribution in [0.3, 0.4) is 0 Å². The summed E-state index contributed by atoms with van der Waals surface area (Å²) in [6, 6.07) is 12.4. The molecule has 2 rings (SSSR count). The Bertz CT molecular complexity index is 462. The Balaban J connectivity index is 1.77. The molecule has 18 heavy (non-hydrogen) atoms. The highest BCUT2D eigenvalue weighted by molar-refractivity contribution is 7.09. The Kier molecular flexibility index (Phi) is 5.00. The summed E-state index contributed by atoms with van der Waals surface area (Å²) in [6.45, 7) is 5.97. The van der Waals surface area contributed by atoms with Gasteiger partial charge in [0.25, 0.3) is 0 Å². The van der Waals surface area contributed by atoms with E-state index < -0.39 is 0 Å². The maximum Gasteiger partial charge on any atom is 0.119 e. The van der Waals surface area contributed by atoms with Crippen LogP contribution >= 0.6 is 11.3 Å². The summed E-state index contributed by atoms with van der Waals surface area (Å²) in [5.41, 5.74) is 1.26. The molecule has 0 fully saturated rings. The largest absolute Gasteiger partial charge is 0.490 e. The van der Waals surface area contributed by atoms with Crippen LogP contribution in [-0.4, -0.2) is 6.61 Å². The van der Waals surface area contributed by atoms with E-state index in [1.165, 1.54) is 10.4 Å². The lowest BCUT2D eigenvalue weighted by Crippen LogP contribution is -2.11. The van der Waals surface area contributed by atoms with Gasteiger partial charge in [-0.1, -0.05) is 30.9 Å². The molecule has 0 amide bonds. The predicted molar refractivity (Wildman–Crippen MR) is 77.0 cm³/mol. The van der Waals surface area contributed by atoms with Gasteiger partial charge >= 0.3 is 0 Å². The van der Waals surface area contributed by atoms with Crippen LogP contribution in [0, 0.1) is 0 Å². The monoisotopic (exact) mass is 259 g/mol. The molecule has 0 radical (unpaired) electrons. The third kappa shape index (κ3) is 4.02. The van der Waals surface area contributed by atoms with Crippen molar-refractivity contribution in [3.8, 4) is 5.75 Å². The van der Waals surface area contributed by atoms with Crippen molar-refractivity contribution in [2.75, 3.05) is 6.61 Å². The number of thiophene rings is 1. The first-order valence-corrected chi connectivity index (χ1v) is 6.82. The maximum atomic E-state index is 5.44. The van der Waals surface area contributed by atoms with Crippen LogP contribution in [-0.2, 0) is 13.1 Å². The molecule has 2 nitrogen and oxygen atoms in total. The maximum absolute atomic E-state index is 5.44. The van der Waals surface area contributed by atoms with Gasteiger partial charge in [-0.25, -0.2) is 0 Å². The third-order valence-electron chi connectivity index (χ3n) is 2.50. The average molecular weight is 259 g/mol. The van der Waals surface area contributed by atoms with E-state index in [0.717, 1.165) is 18.8 Å². The fourth-order valence-corrected chi connectivity index (χ4v) is 2.28. The Hall–Kier alpha value is -1.58. The van der Waals surface area contributed by atoms with Gasteiger partial charge in [0.05, 0.1) is 0 Å². The van der Waals surface area contributed by atoms with E-state index in [1.807, 2.05) is 12.1 Å². The Morgan fingerprint density at radius 1 is 1.17 bits per heavy atom. The molecule has 2 aromatic rings. The van der Waals surface area contributed by atoms with Crippen molar-refractivity contribution < 1.29 is 4.74 Å². The van der Waals surface area contributed by atoms with Crippen LogP contribution in [0.15, 0.2) is 54.4 Å². The van der Waals surface area contributed by atoms with Crippen molar-refractivity contribution >= 4 is 11.3 Å². The van der Waals surface area contributed by atoms with Crippen LogP contribution in [0.2, 0.25) is 0 Å². The lowest BCUT2D eigenvalue weighted by molar-refractivity contribution is 0.363. The fourth-order valence-electron chi connectivity index (χ4n) is 1.60. The second-order valence-corrected chi connectivity index (χ2v) is 4.96. The zero-order chi connectivity index (χ0) is 12.6. The minimum absolute atomic E-state index is 0.552. The van der Waals surface area contributed by atoms with E-state index in [1.54, 1.807) is 17.4 Å². The second kappa shape index (κ2) is 6.99. The van der Waals surface area contributed by atoms with Crippen LogP contribution in [0.1, 0.15) is 10.4 Å². The van der Waals surface area contributed by atoms with E-state index in [4.69, 9.17) is 4.74 Å². The molecule has 1 N–H and O–H groups in total. The summed E-state index contributed by atoms with van der Waals surface area (Å²) >= 11 is 1.78. The lowest BCUT2D eigenvalue weighted by atomic mass is 10.2. The van der Waals surface area contributed by atoms with E-state index >= 15 is 0 Å². The number of ether oxygens (including phenoxy) is 1. The molecule has 0 aliphatic heterocycles. The van der Waals surface area contributed by atoms with E-state index in [0.29, 0.717) is 6.61 Å². The molecule has 1 aromatic heterocycles. The highest BCUT2D eigenvalue weighted by Crippen LogP contribution is 2.12. The quantitative estimate of drug-likeness (QED) is 0.767. The standard InChI is InChI=1S/C15H17NOS/c1-2-9-17-14-7-5-13(6-8-14)11-16-12-15-4-3-10-18-15/h2-8,10,16H,1,9,11-12H2. The smallest absolute Gasteiger partial charge is 0.119 e. The number of hydrogen-bond donors (Lipinski definition) is 1. The molecule has 0 saturated carbocycles. The molecular weight excluding hydrogens is 242 g/mol. The number of benzene rings is 1. The molecule has 0 saturated heterocycles. The number of hydrogen-bond acceptors (Lipinski definition) is 3. The molecule has 0 aliphatic rings. The van der Waals surface area contributed by atoms with Crippen LogP contribution in [0.4, 0.5) is 0 Å². The summed E-state index contributed by atoms with van der Waals surface area (Å²) in [4.78, 5) is 1.36. The van der Waals surface area contributed by atoms with Crippen LogP contribution < -0.4 is 10.1 Å². The van der Waals surface area contributed by atoms with E-state index in [-0.39, 0.29) is 0 Å². The van der Waals surface area contributed by atoms with Gasteiger partial charge in [0.2, 0.25) is 0 Å². The molecule has 0 spiro atoms. The van der Waals surface area contributed by atoms with Gasteiger partial charge in [0, 0.05) is 18.0 Å². The van der Waals surface area contributed by atoms with Crippen molar-refractivity contribution in [1.29, 1.82) is 0 Å². The summed E-state index contributed by atoms with van der Waals surface area (Å²) < 4.78 is 5.44. The normalized spacial score (nSPS) is 10.2. The minimum atomic E-state index is 0.552. The summed E-state index contributed by atoms with van der Waals surface area (Å²) in [6.07, 6.45) is 1.75. The lowest BCUT2D eigenvalue weighted by Gasteiger charge is -2.06. The first kappa shape index (κ1) is 12.9. The van der Waals surface area contributed by atoms with Crippen molar-refractivity contribution in [1.82, 2.24) is 5.32 Å². The molecule has 0 atom stereocenters. The topological polar surface area (TPSA) is 21.3 Å². The Morgan fingerprint density at radius 3 is 2.67 bits per heavy atom. The van der Waals surface area contributed by atoms with E-state index in [9.17, 15) is 0 Å².